The molecule has 1 aliphatic heterocycles. The van der Waals surface area contributed by atoms with Crippen LogP contribution in [0.2, 0.25) is 0 Å². The molecule has 14 nitrogen and oxygen atoms in total. The number of nitrogens with zero attached hydrogens (tertiary/aromatic N) is 1. The van der Waals surface area contributed by atoms with Crippen LogP contribution < -0.4 is 10.6 Å². The van der Waals surface area contributed by atoms with E-state index in [0.717, 1.165) is 24.3 Å². The van der Waals surface area contributed by atoms with Crippen molar-refractivity contribution in [2.45, 2.75) is 12.1 Å². The van der Waals surface area contributed by atoms with E-state index >= 15 is 0 Å². The Kier molecular flexibility index (Phi) is 8.29. The van der Waals surface area contributed by atoms with Gasteiger partial charge in [-0.05, 0) is 48.5 Å². The molecule has 1 fully saturated rings. The number of carbonyl (C=O) groups excluding carboxylic acids is 4. The summed E-state index contributed by atoms with van der Waals surface area (Å²) in [6.07, 6.45) is -1.05. The van der Waals surface area contributed by atoms with Crippen LogP contribution in [0, 0.1) is 0 Å². The third-order valence-corrected chi connectivity index (χ3v) is 6.59. The Morgan fingerprint density at radius 1 is 0.857 bits per heavy atom. The van der Waals surface area contributed by atoms with Crippen LogP contribution in [0.25, 0.3) is 0 Å². The van der Waals surface area contributed by atoms with Crippen molar-refractivity contribution in [2.75, 3.05) is 20.1 Å². The van der Waals surface area contributed by atoms with Gasteiger partial charge in [0, 0.05) is 5.56 Å². The Morgan fingerprint density at radius 3 is 2.10 bits per heavy atom. The van der Waals surface area contributed by atoms with Gasteiger partial charge in [0.05, 0.1) is 42.9 Å². The molecule has 0 spiro atoms. The minimum absolute atomic E-state index is 0.00135. The highest BCUT2D eigenvalue weighted by atomic mass is 16.5. The van der Waals surface area contributed by atoms with E-state index in [1.165, 1.54) is 47.6 Å². The number of ketones is 1. The number of ether oxygens (including phenoxy) is 1. The van der Waals surface area contributed by atoms with Gasteiger partial charge in [-0.2, -0.15) is 0 Å². The number of primary amides is 1. The van der Waals surface area contributed by atoms with Gasteiger partial charge in [0.25, 0.3) is 5.91 Å². The second-order valence-corrected chi connectivity index (χ2v) is 9.33. The molecular weight excluding hydrogens is 554 g/mol. The van der Waals surface area contributed by atoms with E-state index in [1.54, 1.807) is 0 Å². The lowest BCUT2D eigenvalue weighted by Crippen LogP contribution is -2.87. The average molecular weight is 581 g/mol. The van der Waals surface area contributed by atoms with Gasteiger partial charge in [-0.15, -0.1) is 0 Å². The number of carboxylic acids is 1. The summed E-state index contributed by atoms with van der Waals surface area (Å²) in [4.78, 5) is 64.0. The molecule has 0 saturated carbocycles. The van der Waals surface area contributed by atoms with Crippen LogP contribution in [-0.2, 0) is 4.74 Å². The molecule has 14 heteroatoms. The summed E-state index contributed by atoms with van der Waals surface area (Å²) < 4.78 is 5.53. The fourth-order valence-corrected chi connectivity index (χ4v) is 4.51. The number of nitrogens with one attached hydrogen (secondary N) is 1. The molecule has 4 rings (SSSR count). The van der Waals surface area contributed by atoms with Crippen molar-refractivity contribution in [3.05, 3.63) is 82.4 Å². The average Bonchev–Trinajstić information content (AvgIpc) is 3.33. The number of aromatic carboxylic acids is 1. The minimum atomic E-state index is -1.54. The molecule has 1 heterocycles. The number of aromatic hydroxyl groups is 4. The lowest BCUT2D eigenvalue weighted by atomic mass is 9.95. The van der Waals surface area contributed by atoms with Gasteiger partial charge < -0.3 is 35.6 Å². The quantitative estimate of drug-likeness (QED) is 0.149. The first-order chi connectivity index (χ1) is 19.9. The summed E-state index contributed by atoms with van der Waals surface area (Å²) in [6.45, 7) is -0.0867. The van der Waals surface area contributed by atoms with Gasteiger partial charge in [0.15, 0.2) is 0 Å². The number of rotatable bonds is 7. The van der Waals surface area contributed by atoms with Gasteiger partial charge in [-0.25, -0.2) is 14.4 Å². The van der Waals surface area contributed by atoms with Crippen LogP contribution in [0.1, 0.15) is 47.0 Å². The number of benzene rings is 3. The summed E-state index contributed by atoms with van der Waals surface area (Å²) in [5.41, 5.74) is -2.21. The predicted molar refractivity (Wildman–Crippen MR) is 142 cm³/mol. The van der Waals surface area contributed by atoms with Crippen LogP contribution in [-0.4, -0.2) is 92.4 Å². The van der Waals surface area contributed by atoms with Crippen LogP contribution in [0.3, 0.4) is 0 Å². The molecule has 2 atom stereocenters. The number of hydrogen-bond acceptors (Lipinski definition) is 10. The number of carboxylic acid groups (broad SMARTS) is 1. The fraction of sp³-hybridized carbons (Fsp3) is 0.179. The molecule has 3 aromatic carbocycles. The fourth-order valence-electron chi connectivity index (χ4n) is 4.51. The SMILES string of the molecule is C[NH2+]C(=O)N1C[C@@H](NC(=O)c2ccc(O)cc2)[C@H](OC(=O)c2cc(O)c(C(=O)c3c(O)cccc3C(=O)O)c(O)c2)C1. The first-order valence-corrected chi connectivity index (χ1v) is 12.5. The van der Waals surface area contributed by atoms with Crippen LogP contribution >= 0.6 is 0 Å². The first kappa shape index (κ1) is 29.4. The zero-order valence-corrected chi connectivity index (χ0v) is 22.0. The van der Waals surface area contributed by atoms with Gasteiger partial charge in [0.2, 0.25) is 5.78 Å². The maximum Gasteiger partial charge on any atom is 0.415 e. The Balaban J connectivity index is 1.58. The summed E-state index contributed by atoms with van der Waals surface area (Å²) in [6, 6.07) is 9.12. The number of carbonyl (C=O) groups is 5. The summed E-state index contributed by atoms with van der Waals surface area (Å²) in [7, 11) is 1.52. The van der Waals surface area contributed by atoms with Crippen molar-refractivity contribution < 1.29 is 59.6 Å². The molecule has 3 amide bonds. The minimum Gasteiger partial charge on any atom is -0.508 e. The Bertz CT molecular complexity index is 1560. The van der Waals surface area contributed by atoms with Crippen molar-refractivity contribution in [1.29, 1.82) is 0 Å². The number of hydrogen-bond donors (Lipinski definition) is 7. The molecule has 8 N–H and O–H groups in total. The monoisotopic (exact) mass is 580 g/mol. The van der Waals surface area contributed by atoms with E-state index in [9.17, 15) is 49.5 Å². The molecule has 42 heavy (non-hydrogen) atoms. The molecular formula is C28H26N3O11+. The number of esters is 1. The zero-order chi connectivity index (χ0) is 30.7. The third-order valence-electron chi connectivity index (χ3n) is 6.59. The second-order valence-electron chi connectivity index (χ2n) is 9.33. The predicted octanol–water partition coefficient (Wildman–Crippen LogP) is 0.391. The third kappa shape index (κ3) is 5.93. The van der Waals surface area contributed by atoms with E-state index in [2.05, 4.69) is 5.32 Å². The highest BCUT2D eigenvalue weighted by Gasteiger charge is 2.40. The molecule has 0 unspecified atom stereocenters. The number of phenolic OH excluding ortho intramolecular Hbond substituents is 4. The van der Waals surface area contributed by atoms with Gasteiger partial charge in [0.1, 0.15) is 34.7 Å². The van der Waals surface area contributed by atoms with E-state index < -0.39 is 75.3 Å². The van der Waals surface area contributed by atoms with Crippen LogP contribution in [0.5, 0.6) is 23.0 Å². The summed E-state index contributed by atoms with van der Waals surface area (Å²) in [5, 5.41) is 54.0. The summed E-state index contributed by atoms with van der Waals surface area (Å²) in [5.74, 6) is -6.91. The van der Waals surface area contributed by atoms with E-state index in [4.69, 9.17) is 4.74 Å². The van der Waals surface area contributed by atoms with Crippen molar-refractivity contribution in [1.82, 2.24) is 10.2 Å². The molecule has 3 aromatic rings. The zero-order valence-electron chi connectivity index (χ0n) is 22.0. The lowest BCUT2D eigenvalue weighted by molar-refractivity contribution is -0.531. The van der Waals surface area contributed by atoms with E-state index in [-0.39, 0.29) is 30.4 Å². The molecule has 0 bridgehead atoms. The molecule has 0 radical (unpaired) electrons. The number of urea groups is 1. The van der Waals surface area contributed by atoms with Crippen molar-refractivity contribution in [2.24, 2.45) is 0 Å². The smallest absolute Gasteiger partial charge is 0.415 e. The van der Waals surface area contributed by atoms with Crippen LogP contribution in [0.15, 0.2) is 54.6 Å². The number of amides is 3. The molecule has 1 aliphatic rings. The van der Waals surface area contributed by atoms with Crippen LogP contribution in [0.4, 0.5) is 4.79 Å². The Hall–Kier alpha value is -5.63. The molecule has 0 aliphatic carbocycles. The first-order valence-electron chi connectivity index (χ1n) is 12.5. The number of phenols is 4. The van der Waals surface area contributed by atoms with Crippen molar-refractivity contribution in [3.63, 3.8) is 0 Å². The highest BCUT2D eigenvalue weighted by Crippen LogP contribution is 2.35. The van der Waals surface area contributed by atoms with Gasteiger partial charge >= 0.3 is 18.0 Å². The Labute approximate surface area is 237 Å². The maximum atomic E-state index is 13.0. The van der Waals surface area contributed by atoms with E-state index in [0.29, 0.717) is 0 Å². The van der Waals surface area contributed by atoms with Crippen molar-refractivity contribution >= 4 is 29.7 Å². The number of likely N-dealkylation sites (tertiary alicyclic amines) is 1. The van der Waals surface area contributed by atoms with Gasteiger partial charge in [-0.1, -0.05) is 6.07 Å². The molecule has 1 saturated heterocycles. The van der Waals surface area contributed by atoms with Gasteiger partial charge in [-0.3, -0.25) is 19.8 Å². The number of nitrogens with two attached hydrogens (primary N) is 1. The standard InChI is InChI=1S/C28H25N3O11/c1-29-28(41)31-11-17(30-25(37)13-5-7-15(32)8-6-13)21(12-31)42-27(40)14-9-19(34)23(20(35)10-14)24(36)22-16(26(38)39)3-2-4-18(22)33/h2-10,17,21,32-35H,11-12H2,1H3,(H,29,41)(H,30,37)(H,38,39)/p+1/t17-,21-/m1/s1. The second kappa shape index (κ2) is 11.9. The topological polar surface area (TPSA) is 228 Å². The lowest BCUT2D eigenvalue weighted by Gasteiger charge is -2.20. The van der Waals surface area contributed by atoms with Crippen molar-refractivity contribution in [3.8, 4) is 23.0 Å². The Morgan fingerprint density at radius 2 is 1.50 bits per heavy atom. The largest absolute Gasteiger partial charge is 0.508 e. The molecule has 0 aromatic heterocycles. The molecule has 218 valence electrons. The highest BCUT2D eigenvalue weighted by molar-refractivity contribution is 6.18. The maximum absolute atomic E-state index is 13.0. The summed E-state index contributed by atoms with van der Waals surface area (Å²) >= 11 is 0. The number of quaternary nitrogens is 1. The normalized spacial score (nSPS) is 16.1. The van der Waals surface area contributed by atoms with E-state index in [1.807, 2.05) is 0 Å².